The van der Waals surface area contributed by atoms with Crippen LogP contribution in [-0.2, 0) is 0 Å². The molecular formula is C25H25BrN2O. The second-order valence-corrected chi connectivity index (χ2v) is 10.6. The Hall–Kier alpha value is -1.94. The van der Waals surface area contributed by atoms with Crippen LogP contribution in [0.5, 0.6) is 0 Å². The predicted octanol–water partition coefficient (Wildman–Crippen LogP) is 6.63. The fourth-order valence-corrected chi connectivity index (χ4v) is 7.37. The van der Waals surface area contributed by atoms with Crippen molar-refractivity contribution in [2.75, 3.05) is 0 Å². The third-order valence-electron chi connectivity index (χ3n) is 7.77. The van der Waals surface area contributed by atoms with Gasteiger partial charge in [0.1, 0.15) is 5.65 Å². The summed E-state index contributed by atoms with van der Waals surface area (Å²) in [6.45, 7) is 2.13. The van der Waals surface area contributed by atoms with E-state index in [9.17, 15) is 4.79 Å². The van der Waals surface area contributed by atoms with Crippen LogP contribution in [0.4, 0.5) is 0 Å². The zero-order valence-corrected chi connectivity index (χ0v) is 18.3. The van der Waals surface area contributed by atoms with Crippen molar-refractivity contribution in [2.45, 2.75) is 45.4 Å². The zero-order valence-electron chi connectivity index (χ0n) is 16.7. The van der Waals surface area contributed by atoms with E-state index < -0.39 is 0 Å². The van der Waals surface area contributed by atoms with Crippen molar-refractivity contribution in [1.82, 2.24) is 9.55 Å². The molecule has 0 N–H and O–H groups in total. The highest BCUT2D eigenvalue weighted by Gasteiger charge is 2.55. The summed E-state index contributed by atoms with van der Waals surface area (Å²) < 4.78 is 2.94. The summed E-state index contributed by atoms with van der Waals surface area (Å²) >= 11 is 3.57. The van der Waals surface area contributed by atoms with E-state index >= 15 is 0 Å². The molecule has 4 fully saturated rings. The Balaban J connectivity index is 1.58. The number of fused-ring (bicyclic) bond motifs is 1. The van der Waals surface area contributed by atoms with E-state index in [2.05, 4.69) is 53.2 Å². The van der Waals surface area contributed by atoms with Crippen molar-refractivity contribution in [3.63, 3.8) is 0 Å². The SMILES string of the molecule is Cc1c(-c2ccccc2)n(C(=O)C23CC4CC(CC(C4)C2)C3)c2ncc(Br)cc12. The smallest absolute Gasteiger partial charge is 0.239 e. The average molecular weight is 449 g/mol. The Morgan fingerprint density at radius 3 is 2.31 bits per heavy atom. The van der Waals surface area contributed by atoms with Gasteiger partial charge in [0.05, 0.1) is 11.1 Å². The Morgan fingerprint density at radius 1 is 1.07 bits per heavy atom. The molecule has 7 rings (SSSR count). The summed E-state index contributed by atoms with van der Waals surface area (Å²) in [6.07, 6.45) is 9.06. The number of hydrogen-bond donors (Lipinski definition) is 0. The maximum absolute atomic E-state index is 14.3. The molecule has 0 radical (unpaired) electrons. The highest BCUT2D eigenvalue weighted by atomic mass is 79.9. The molecule has 148 valence electrons. The summed E-state index contributed by atoms with van der Waals surface area (Å²) in [5, 5.41) is 1.07. The van der Waals surface area contributed by atoms with Crippen molar-refractivity contribution in [3.05, 3.63) is 52.6 Å². The molecule has 4 aliphatic carbocycles. The topological polar surface area (TPSA) is 34.9 Å². The molecule has 0 amide bonds. The minimum absolute atomic E-state index is 0.189. The number of nitrogens with zero attached hydrogens (tertiary/aromatic N) is 2. The fourth-order valence-electron chi connectivity index (χ4n) is 7.04. The number of benzene rings is 1. The zero-order chi connectivity index (χ0) is 19.8. The second kappa shape index (κ2) is 6.28. The largest absolute Gasteiger partial charge is 0.273 e. The molecule has 2 heterocycles. The van der Waals surface area contributed by atoms with Crippen LogP contribution < -0.4 is 0 Å². The van der Waals surface area contributed by atoms with Gasteiger partial charge in [-0.15, -0.1) is 0 Å². The van der Waals surface area contributed by atoms with Crippen LogP contribution in [0.2, 0.25) is 0 Å². The van der Waals surface area contributed by atoms with E-state index in [1.54, 1.807) is 0 Å². The fraction of sp³-hybridized carbons (Fsp3) is 0.440. The van der Waals surface area contributed by atoms with Gasteiger partial charge in [0.2, 0.25) is 5.91 Å². The molecule has 4 heteroatoms. The highest BCUT2D eigenvalue weighted by molar-refractivity contribution is 9.10. The number of hydrogen-bond acceptors (Lipinski definition) is 2. The summed E-state index contributed by atoms with van der Waals surface area (Å²) in [4.78, 5) is 19.0. The second-order valence-electron chi connectivity index (χ2n) is 9.70. The molecule has 4 aliphatic rings. The molecule has 4 saturated carbocycles. The standard InChI is InChI=1S/C25H25BrN2O/c1-15-21-10-20(26)14-27-23(21)28(22(15)19-5-3-2-4-6-19)24(29)25-11-16-7-17(12-25)9-18(8-16)13-25/h2-6,10,14,16-18H,7-9,11-13H2,1H3. The first-order valence-corrected chi connectivity index (χ1v) is 11.6. The summed E-state index contributed by atoms with van der Waals surface area (Å²) in [5.74, 6) is 2.53. The van der Waals surface area contributed by atoms with Crippen LogP contribution in [0.15, 0.2) is 47.1 Å². The number of halogens is 1. The lowest BCUT2D eigenvalue weighted by molar-refractivity contribution is -0.0397. The number of aromatic nitrogens is 2. The van der Waals surface area contributed by atoms with Gasteiger partial charge in [-0.3, -0.25) is 9.36 Å². The van der Waals surface area contributed by atoms with E-state index in [1.807, 2.05) is 16.8 Å². The molecule has 1 aromatic carbocycles. The molecule has 0 atom stereocenters. The first-order valence-electron chi connectivity index (χ1n) is 10.8. The van der Waals surface area contributed by atoms with Gasteiger partial charge in [0.15, 0.2) is 0 Å². The van der Waals surface area contributed by atoms with Gasteiger partial charge in [-0.2, -0.15) is 0 Å². The van der Waals surface area contributed by atoms with E-state index in [1.165, 1.54) is 19.3 Å². The highest BCUT2D eigenvalue weighted by Crippen LogP contribution is 2.61. The van der Waals surface area contributed by atoms with Gasteiger partial charge in [0, 0.05) is 16.1 Å². The minimum Gasteiger partial charge on any atom is -0.273 e. The third kappa shape index (κ3) is 2.61. The molecule has 29 heavy (non-hydrogen) atoms. The lowest BCUT2D eigenvalue weighted by Crippen LogP contribution is -2.51. The lowest BCUT2D eigenvalue weighted by Gasteiger charge is -2.55. The maximum atomic E-state index is 14.3. The molecule has 0 aliphatic heterocycles. The number of carbonyl (C=O) groups is 1. The number of rotatable bonds is 2. The van der Waals surface area contributed by atoms with E-state index in [0.717, 1.165) is 69.3 Å². The predicted molar refractivity (Wildman–Crippen MR) is 119 cm³/mol. The number of carbonyl (C=O) groups excluding carboxylic acids is 1. The molecule has 0 saturated heterocycles. The van der Waals surface area contributed by atoms with Crippen LogP contribution in [0.25, 0.3) is 22.3 Å². The molecule has 2 aromatic heterocycles. The molecule has 0 spiro atoms. The summed E-state index contributed by atoms with van der Waals surface area (Å²) in [7, 11) is 0. The van der Waals surface area contributed by atoms with E-state index in [0.29, 0.717) is 5.91 Å². The van der Waals surface area contributed by atoms with Crippen LogP contribution in [0.1, 0.15) is 48.9 Å². The molecular weight excluding hydrogens is 424 g/mol. The normalized spacial score (nSPS) is 30.2. The summed E-state index contributed by atoms with van der Waals surface area (Å²) in [6, 6.07) is 12.5. The van der Waals surface area contributed by atoms with Crippen molar-refractivity contribution in [1.29, 1.82) is 0 Å². The Morgan fingerprint density at radius 2 is 1.69 bits per heavy atom. The molecule has 3 nitrogen and oxygen atoms in total. The summed E-state index contributed by atoms with van der Waals surface area (Å²) in [5.41, 5.74) is 3.87. The quantitative estimate of drug-likeness (QED) is 0.440. The van der Waals surface area contributed by atoms with Crippen molar-refractivity contribution in [3.8, 4) is 11.3 Å². The van der Waals surface area contributed by atoms with Gasteiger partial charge in [0.25, 0.3) is 0 Å². The first kappa shape index (κ1) is 17.9. The monoisotopic (exact) mass is 448 g/mol. The third-order valence-corrected chi connectivity index (χ3v) is 8.20. The lowest BCUT2D eigenvalue weighted by atomic mass is 9.49. The Labute approximate surface area is 179 Å². The van der Waals surface area contributed by atoms with Gasteiger partial charge < -0.3 is 0 Å². The van der Waals surface area contributed by atoms with E-state index in [-0.39, 0.29) is 5.41 Å². The molecule has 4 bridgehead atoms. The van der Waals surface area contributed by atoms with Crippen molar-refractivity contribution < 1.29 is 4.79 Å². The minimum atomic E-state index is -0.189. The van der Waals surface area contributed by atoms with Gasteiger partial charge in [-0.25, -0.2) is 4.98 Å². The maximum Gasteiger partial charge on any atom is 0.239 e. The van der Waals surface area contributed by atoms with Crippen LogP contribution >= 0.6 is 15.9 Å². The Bertz CT molecular complexity index is 1100. The number of pyridine rings is 1. The average Bonchev–Trinajstić information content (AvgIpc) is 2.99. The number of aryl methyl sites for hydroxylation is 1. The van der Waals surface area contributed by atoms with Crippen molar-refractivity contribution >= 4 is 32.9 Å². The van der Waals surface area contributed by atoms with Gasteiger partial charge in [-0.05, 0) is 96.3 Å². The Kier molecular flexibility index (Phi) is 3.87. The van der Waals surface area contributed by atoms with Crippen molar-refractivity contribution in [2.24, 2.45) is 23.2 Å². The van der Waals surface area contributed by atoms with Crippen LogP contribution in [0.3, 0.4) is 0 Å². The van der Waals surface area contributed by atoms with Crippen LogP contribution in [-0.4, -0.2) is 15.5 Å². The van der Waals surface area contributed by atoms with Gasteiger partial charge in [-0.1, -0.05) is 30.3 Å². The molecule has 0 unspecified atom stereocenters. The first-order chi connectivity index (χ1) is 14.0. The molecule has 3 aromatic rings. The van der Waals surface area contributed by atoms with Gasteiger partial charge >= 0.3 is 0 Å². The van der Waals surface area contributed by atoms with Crippen LogP contribution in [0, 0.1) is 30.1 Å². The van der Waals surface area contributed by atoms with E-state index in [4.69, 9.17) is 4.98 Å².